The molecule has 0 fully saturated rings. The van der Waals surface area contributed by atoms with Gasteiger partial charge >= 0.3 is 0 Å². The minimum atomic E-state index is 0.0321. The number of aromatic hydroxyl groups is 2. The Hall–Kier alpha value is -1.84. The summed E-state index contributed by atoms with van der Waals surface area (Å²) in [6.45, 7) is 5.49. The third-order valence-electron chi connectivity index (χ3n) is 2.11. The topological polar surface area (TPSA) is 72.0 Å². The maximum atomic E-state index is 9.47. The van der Waals surface area contributed by atoms with E-state index < -0.39 is 0 Å². The molecule has 13 heavy (non-hydrogen) atoms. The monoisotopic (exact) mass is 178 g/mol. The van der Waals surface area contributed by atoms with Gasteiger partial charge in [-0.2, -0.15) is 0 Å². The quantitative estimate of drug-likeness (QED) is 0.462. The summed E-state index contributed by atoms with van der Waals surface area (Å²) >= 11 is 0. The first-order valence-electron chi connectivity index (χ1n) is 3.92. The third-order valence-corrected chi connectivity index (χ3v) is 2.11. The van der Waals surface area contributed by atoms with Crippen LogP contribution in [0.5, 0.6) is 11.8 Å². The molecule has 0 atom stereocenters. The van der Waals surface area contributed by atoms with Gasteiger partial charge < -0.3 is 20.2 Å². The Morgan fingerprint density at radius 3 is 2.38 bits per heavy atom. The van der Waals surface area contributed by atoms with Crippen molar-refractivity contribution >= 4 is 23.4 Å². The SMILES string of the molecule is C=c1[nH]c(O)c2c(=CC)[nH]c(O)c12. The molecule has 0 unspecified atom stereocenters. The fraction of sp³-hybridized carbons (Fsp3) is 0.111. The van der Waals surface area contributed by atoms with Gasteiger partial charge in [0.05, 0.1) is 16.1 Å². The largest absolute Gasteiger partial charge is 0.494 e. The molecule has 0 spiro atoms. The van der Waals surface area contributed by atoms with E-state index in [0.29, 0.717) is 21.5 Å². The molecule has 68 valence electrons. The van der Waals surface area contributed by atoms with Gasteiger partial charge in [0, 0.05) is 5.35 Å². The molecule has 4 heteroatoms. The van der Waals surface area contributed by atoms with E-state index in [0.717, 1.165) is 0 Å². The van der Waals surface area contributed by atoms with E-state index in [1.54, 1.807) is 6.08 Å². The molecule has 0 aliphatic heterocycles. The second-order valence-electron chi connectivity index (χ2n) is 2.88. The zero-order valence-corrected chi connectivity index (χ0v) is 7.18. The van der Waals surface area contributed by atoms with Crippen LogP contribution in [0.2, 0.25) is 0 Å². The van der Waals surface area contributed by atoms with Crippen molar-refractivity contribution in [1.82, 2.24) is 9.97 Å². The zero-order chi connectivity index (χ0) is 9.59. The van der Waals surface area contributed by atoms with Crippen LogP contribution in [0.15, 0.2) is 0 Å². The van der Waals surface area contributed by atoms with Gasteiger partial charge in [0.1, 0.15) is 0 Å². The fourth-order valence-electron chi connectivity index (χ4n) is 1.53. The van der Waals surface area contributed by atoms with Crippen molar-refractivity contribution in [2.24, 2.45) is 0 Å². The van der Waals surface area contributed by atoms with Crippen LogP contribution >= 0.6 is 0 Å². The van der Waals surface area contributed by atoms with Gasteiger partial charge in [-0.3, -0.25) is 0 Å². The van der Waals surface area contributed by atoms with Crippen LogP contribution in [0.4, 0.5) is 0 Å². The summed E-state index contributed by atoms with van der Waals surface area (Å²) in [5, 5.41) is 21.3. The highest BCUT2D eigenvalue weighted by molar-refractivity contribution is 5.92. The summed E-state index contributed by atoms with van der Waals surface area (Å²) in [4.78, 5) is 5.40. The van der Waals surface area contributed by atoms with Crippen molar-refractivity contribution in [2.75, 3.05) is 0 Å². The summed E-state index contributed by atoms with van der Waals surface area (Å²) in [5.41, 5.74) is 0. The lowest BCUT2D eigenvalue weighted by molar-refractivity contribution is 0.459. The first-order valence-corrected chi connectivity index (χ1v) is 3.92. The Morgan fingerprint density at radius 1 is 1.15 bits per heavy atom. The summed E-state index contributed by atoms with van der Waals surface area (Å²) in [5.74, 6) is 0.0642. The van der Waals surface area contributed by atoms with E-state index in [-0.39, 0.29) is 11.8 Å². The van der Waals surface area contributed by atoms with E-state index in [9.17, 15) is 10.2 Å². The first kappa shape index (κ1) is 7.79. The van der Waals surface area contributed by atoms with Gasteiger partial charge in [0.15, 0.2) is 11.8 Å². The van der Waals surface area contributed by atoms with Gasteiger partial charge in [-0.1, -0.05) is 12.7 Å². The molecule has 0 saturated carbocycles. The van der Waals surface area contributed by atoms with E-state index in [4.69, 9.17) is 0 Å². The molecule has 0 amide bonds. The minimum absolute atomic E-state index is 0.0321. The third kappa shape index (κ3) is 0.853. The standard InChI is InChI=1S/C9H10N2O2/c1-3-5-7-6(8(12)11-5)4(2)10-9(7)13/h3,10-13H,2H2,1H3. The van der Waals surface area contributed by atoms with Gasteiger partial charge in [-0.15, -0.1) is 0 Å². The van der Waals surface area contributed by atoms with Crippen LogP contribution in [0, 0.1) is 0 Å². The molecule has 4 N–H and O–H groups in total. The van der Waals surface area contributed by atoms with Crippen LogP contribution in [0.25, 0.3) is 23.4 Å². The van der Waals surface area contributed by atoms with E-state index in [2.05, 4.69) is 16.5 Å². The Kier molecular flexibility index (Phi) is 1.39. The summed E-state index contributed by atoms with van der Waals surface area (Å²) in [6, 6.07) is 0. The van der Waals surface area contributed by atoms with Crippen molar-refractivity contribution < 1.29 is 10.2 Å². The maximum absolute atomic E-state index is 9.47. The number of rotatable bonds is 0. The Morgan fingerprint density at radius 2 is 1.77 bits per heavy atom. The highest BCUT2D eigenvalue weighted by Gasteiger charge is 2.11. The average Bonchev–Trinajstić information content (AvgIpc) is 2.54. The van der Waals surface area contributed by atoms with Crippen LogP contribution in [0.1, 0.15) is 6.92 Å². The number of aromatic nitrogens is 2. The number of fused-ring (bicyclic) bond motifs is 1. The summed E-state index contributed by atoms with van der Waals surface area (Å²) in [6.07, 6.45) is 1.77. The lowest BCUT2D eigenvalue weighted by Gasteiger charge is -1.82. The van der Waals surface area contributed by atoms with Gasteiger partial charge in [-0.25, -0.2) is 0 Å². The lowest BCUT2D eigenvalue weighted by Crippen LogP contribution is -1.99. The molecule has 0 saturated heterocycles. The van der Waals surface area contributed by atoms with Crippen LogP contribution in [0.3, 0.4) is 0 Å². The Bertz CT molecular complexity index is 562. The number of H-pyrrole nitrogens is 2. The average molecular weight is 178 g/mol. The molecule has 0 aromatic carbocycles. The summed E-state index contributed by atoms with van der Waals surface area (Å²) in [7, 11) is 0. The molecule has 2 aromatic heterocycles. The minimum Gasteiger partial charge on any atom is -0.494 e. The van der Waals surface area contributed by atoms with Crippen LogP contribution < -0.4 is 10.7 Å². The number of hydrogen-bond donors (Lipinski definition) is 4. The van der Waals surface area contributed by atoms with Crippen LogP contribution in [-0.2, 0) is 0 Å². The van der Waals surface area contributed by atoms with E-state index >= 15 is 0 Å². The molecule has 0 bridgehead atoms. The highest BCUT2D eigenvalue weighted by atomic mass is 16.3. The Labute approximate surface area is 73.8 Å². The van der Waals surface area contributed by atoms with Crippen molar-refractivity contribution in [3.8, 4) is 11.8 Å². The molecule has 0 aliphatic carbocycles. The van der Waals surface area contributed by atoms with Gasteiger partial charge in [-0.05, 0) is 6.92 Å². The molecule has 0 radical (unpaired) electrons. The highest BCUT2D eigenvalue weighted by Crippen LogP contribution is 2.22. The second kappa shape index (κ2) is 2.32. The molecule has 2 aromatic rings. The Balaban J connectivity index is 3.18. The van der Waals surface area contributed by atoms with Crippen LogP contribution in [-0.4, -0.2) is 20.2 Å². The molecule has 2 heterocycles. The molecular weight excluding hydrogens is 168 g/mol. The predicted molar refractivity (Wildman–Crippen MR) is 50.9 cm³/mol. The second-order valence-corrected chi connectivity index (χ2v) is 2.88. The maximum Gasteiger partial charge on any atom is 0.199 e. The van der Waals surface area contributed by atoms with Crippen molar-refractivity contribution in [3.63, 3.8) is 0 Å². The normalized spacial score (nSPS) is 12.8. The zero-order valence-electron chi connectivity index (χ0n) is 7.18. The first-order chi connectivity index (χ1) is 6.15. The molecule has 4 nitrogen and oxygen atoms in total. The van der Waals surface area contributed by atoms with Crippen molar-refractivity contribution in [2.45, 2.75) is 6.92 Å². The van der Waals surface area contributed by atoms with E-state index in [1.165, 1.54) is 0 Å². The molecule has 0 aliphatic rings. The van der Waals surface area contributed by atoms with Crippen molar-refractivity contribution in [3.05, 3.63) is 10.7 Å². The predicted octanol–water partition coefficient (Wildman–Crippen LogP) is 0.118. The number of nitrogens with one attached hydrogen (secondary N) is 2. The van der Waals surface area contributed by atoms with E-state index in [1.807, 2.05) is 6.92 Å². The fourth-order valence-corrected chi connectivity index (χ4v) is 1.53. The molecule has 2 rings (SSSR count). The number of aromatic amines is 2. The van der Waals surface area contributed by atoms with Crippen molar-refractivity contribution in [1.29, 1.82) is 0 Å². The number of hydrogen-bond acceptors (Lipinski definition) is 2. The lowest BCUT2D eigenvalue weighted by atomic mass is 10.3. The van der Waals surface area contributed by atoms with Gasteiger partial charge in [0.2, 0.25) is 0 Å². The summed E-state index contributed by atoms with van der Waals surface area (Å²) < 4.78 is 0. The van der Waals surface area contributed by atoms with Gasteiger partial charge in [0.25, 0.3) is 0 Å². The smallest absolute Gasteiger partial charge is 0.199 e. The molecular formula is C9H10N2O2.